The summed E-state index contributed by atoms with van der Waals surface area (Å²) in [6.45, 7) is 0.479. The third-order valence-corrected chi connectivity index (χ3v) is 4.78. The number of amides is 1. The summed E-state index contributed by atoms with van der Waals surface area (Å²) in [5.74, 6) is -0.473. The Hall–Kier alpha value is -2.82. The van der Waals surface area contributed by atoms with Crippen molar-refractivity contribution < 1.29 is 19.4 Å². The quantitative estimate of drug-likeness (QED) is 0.803. The number of rotatable bonds is 7. The Labute approximate surface area is 153 Å². The summed E-state index contributed by atoms with van der Waals surface area (Å²) in [5, 5.41) is 12.0. The minimum Gasteiger partial charge on any atom is -0.496 e. The molecule has 0 spiro atoms. The van der Waals surface area contributed by atoms with Gasteiger partial charge in [0.05, 0.1) is 19.1 Å². The molecule has 1 amide bonds. The second-order valence-electron chi connectivity index (χ2n) is 6.57. The van der Waals surface area contributed by atoms with Gasteiger partial charge in [0.15, 0.2) is 0 Å². The normalized spacial score (nSPS) is 12.5. The molecule has 2 aromatic carbocycles. The number of hydrogen-bond donors (Lipinski definition) is 2. The summed E-state index contributed by atoms with van der Waals surface area (Å²) in [7, 11) is 1.51. The van der Waals surface area contributed by atoms with Crippen LogP contribution in [0.5, 0.6) is 5.75 Å². The van der Waals surface area contributed by atoms with E-state index < -0.39 is 5.97 Å². The van der Waals surface area contributed by atoms with E-state index in [1.165, 1.54) is 30.7 Å². The molecule has 0 saturated carbocycles. The Morgan fingerprint density at radius 3 is 2.69 bits per heavy atom. The van der Waals surface area contributed by atoms with E-state index in [4.69, 9.17) is 9.84 Å². The smallest absolute Gasteiger partial charge is 0.335 e. The Morgan fingerprint density at radius 1 is 1.12 bits per heavy atom. The van der Waals surface area contributed by atoms with Crippen LogP contribution in [-0.2, 0) is 30.5 Å². The molecule has 3 rings (SSSR count). The second kappa shape index (κ2) is 8.04. The van der Waals surface area contributed by atoms with E-state index in [9.17, 15) is 9.59 Å². The zero-order chi connectivity index (χ0) is 18.5. The van der Waals surface area contributed by atoms with Crippen LogP contribution in [0.2, 0.25) is 0 Å². The lowest BCUT2D eigenvalue weighted by Gasteiger charge is -2.11. The van der Waals surface area contributed by atoms with Gasteiger partial charge >= 0.3 is 5.97 Å². The average Bonchev–Trinajstić information content (AvgIpc) is 3.09. The third kappa shape index (κ3) is 4.23. The van der Waals surface area contributed by atoms with Crippen LogP contribution >= 0.6 is 0 Å². The second-order valence-corrected chi connectivity index (χ2v) is 6.57. The van der Waals surface area contributed by atoms with E-state index in [1.807, 2.05) is 6.07 Å². The summed E-state index contributed by atoms with van der Waals surface area (Å²) in [6, 6.07) is 11.1. The van der Waals surface area contributed by atoms with Crippen LogP contribution in [0, 0.1) is 0 Å². The lowest BCUT2D eigenvalue weighted by atomic mass is 10.0. The third-order valence-electron chi connectivity index (χ3n) is 4.78. The van der Waals surface area contributed by atoms with Crippen molar-refractivity contribution in [2.75, 3.05) is 13.7 Å². The highest BCUT2D eigenvalue weighted by molar-refractivity contribution is 5.88. The van der Waals surface area contributed by atoms with Crippen molar-refractivity contribution in [3.05, 3.63) is 64.2 Å². The van der Waals surface area contributed by atoms with E-state index in [0.29, 0.717) is 25.1 Å². The monoisotopic (exact) mass is 353 g/mol. The zero-order valence-electron chi connectivity index (χ0n) is 14.9. The van der Waals surface area contributed by atoms with Gasteiger partial charge in [-0.2, -0.15) is 0 Å². The Kier molecular flexibility index (Phi) is 5.56. The van der Waals surface area contributed by atoms with Gasteiger partial charge in [0.1, 0.15) is 5.75 Å². The van der Waals surface area contributed by atoms with Crippen LogP contribution in [-0.4, -0.2) is 30.6 Å². The van der Waals surface area contributed by atoms with Crippen molar-refractivity contribution >= 4 is 11.9 Å². The first kappa shape index (κ1) is 18.0. The number of aryl methyl sites for hydroxylation is 2. The number of carboxylic acid groups (broad SMARTS) is 1. The molecule has 0 saturated heterocycles. The lowest BCUT2D eigenvalue weighted by molar-refractivity contribution is -0.120. The topological polar surface area (TPSA) is 75.6 Å². The molecule has 26 heavy (non-hydrogen) atoms. The minimum absolute atomic E-state index is 0.0101. The van der Waals surface area contributed by atoms with Crippen molar-refractivity contribution in [3.8, 4) is 5.75 Å². The molecule has 5 heteroatoms. The van der Waals surface area contributed by atoms with Gasteiger partial charge in [-0.3, -0.25) is 4.79 Å². The predicted molar refractivity (Wildman–Crippen MR) is 98.8 cm³/mol. The number of nitrogens with one attached hydrogen (secondary N) is 1. The van der Waals surface area contributed by atoms with Crippen LogP contribution in [0.25, 0.3) is 0 Å². The first-order valence-electron chi connectivity index (χ1n) is 8.84. The molecule has 0 atom stereocenters. The molecule has 1 aliphatic rings. The molecular weight excluding hydrogens is 330 g/mol. The number of hydrogen-bond acceptors (Lipinski definition) is 3. The summed E-state index contributed by atoms with van der Waals surface area (Å²) in [6.07, 6.45) is 4.41. The molecule has 0 unspecified atom stereocenters. The van der Waals surface area contributed by atoms with Gasteiger partial charge in [0.2, 0.25) is 5.91 Å². The minimum atomic E-state index is -0.988. The maximum absolute atomic E-state index is 12.2. The molecule has 1 aliphatic carbocycles. The number of aromatic carboxylic acids is 1. The van der Waals surface area contributed by atoms with Crippen molar-refractivity contribution in [1.29, 1.82) is 0 Å². The number of carbonyl (C=O) groups excluding carboxylic acids is 1. The van der Waals surface area contributed by atoms with Gasteiger partial charge in [-0.15, -0.1) is 0 Å². The molecule has 2 aromatic rings. The van der Waals surface area contributed by atoms with Crippen LogP contribution in [0.1, 0.15) is 39.0 Å². The maximum atomic E-state index is 12.2. The number of benzene rings is 2. The standard InChI is InChI=1S/C21H23NO4/c1-26-19-13-18(21(24)25)8-7-16(19)9-10-22-20(23)12-14-5-6-15-3-2-4-17(15)11-14/h5-8,11,13H,2-4,9-10,12H2,1H3,(H,22,23)(H,24,25). The summed E-state index contributed by atoms with van der Waals surface area (Å²) < 4.78 is 5.26. The Bertz CT molecular complexity index is 829. The largest absolute Gasteiger partial charge is 0.496 e. The van der Waals surface area contributed by atoms with Crippen LogP contribution in [0.4, 0.5) is 0 Å². The van der Waals surface area contributed by atoms with Gasteiger partial charge in [0, 0.05) is 6.54 Å². The average molecular weight is 353 g/mol. The van der Waals surface area contributed by atoms with E-state index >= 15 is 0 Å². The molecule has 2 N–H and O–H groups in total. The molecule has 5 nitrogen and oxygen atoms in total. The number of methoxy groups -OCH3 is 1. The number of fused-ring (bicyclic) bond motifs is 1. The highest BCUT2D eigenvalue weighted by atomic mass is 16.5. The molecule has 0 bridgehead atoms. The molecule has 0 aliphatic heterocycles. The molecular formula is C21H23NO4. The van der Waals surface area contributed by atoms with Crippen LogP contribution in [0.3, 0.4) is 0 Å². The predicted octanol–water partition coefficient (Wildman–Crippen LogP) is 2.78. The summed E-state index contributed by atoms with van der Waals surface area (Å²) in [4.78, 5) is 23.2. The molecule has 0 heterocycles. The fourth-order valence-corrected chi connectivity index (χ4v) is 3.40. The summed E-state index contributed by atoms with van der Waals surface area (Å²) >= 11 is 0. The summed E-state index contributed by atoms with van der Waals surface area (Å²) in [5.41, 5.74) is 4.89. The molecule has 0 radical (unpaired) electrons. The van der Waals surface area contributed by atoms with E-state index in [-0.39, 0.29) is 11.5 Å². The van der Waals surface area contributed by atoms with Gasteiger partial charge in [-0.05, 0) is 60.1 Å². The van der Waals surface area contributed by atoms with Crippen molar-refractivity contribution in [2.24, 2.45) is 0 Å². The zero-order valence-corrected chi connectivity index (χ0v) is 14.9. The van der Waals surface area contributed by atoms with E-state index in [2.05, 4.69) is 17.4 Å². The van der Waals surface area contributed by atoms with Gasteiger partial charge in [-0.25, -0.2) is 4.79 Å². The fraction of sp³-hybridized carbons (Fsp3) is 0.333. The first-order chi connectivity index (χ1) is 12.6. The van der Waals surface area contributed by atoms with Crippen LogP contribution < -0.4 is 10.1 Å². The SMILES string of the molecule is COc1cc(C(=O)O)ccc1CCNC(=O)Cc1ccc2c(c1)CCC2. The first-order valence-corrected chi connectivity index (χ1v) is 8.84. The van der Waals surface area contributed by atoms with E-state index in [1.54, 1.807) is 12.1 Å². The highest BCUT2D eigenvalue weighted by Gasteiger charge is 2.13. The molecule has 0 aromatic heterocycles. The Morgan fingerprint density at radius 2 is 1.92 bits per heavy atom. The maximum Gasteiger partial charge on any atom is 0.335 e. The van der Waals surface area contributed by atoms with E-state index in [0.717, 1.165) is 24.0 Å². The van der Waals surface area contributed by atoms with Gasteiger partial charge in [-0.1, -0.05) is 24.3 Å². The number of carboxylic acids is 1. The van der Waals surface area contributed by atoms with Crippen molar-refractivity contribution in [2.45, 2.75) is 32.1 Å². The van der Waals surface area contributed by atoms with Crippen molar-refractivity contribution in [1.82, 2.24) is 5.32 Å². The van der Waals surface area contributed by atoms with Gasteiger partial charge < -0.3 is 15.2 Å². The van der Waals surface area contributed by atoms with Gasteiger partial charge in [0.25, 0.3) is 0 Å². The fourth-order valence-electron chi connectivity index (χ4n) is 3.40. The lowest BCUT2D eigenvalue weighted by Crippen LogP contribution is -2.27. The van der Waals surface area contributed by atoms with Crippen LogP contribution in [0.15, 0.2) is 36.4 Å². The Balaban J connectivity index is 1.53. The number of ether oxygens (including phenoxy) is 1. The molecule has 0 fully saturated rings. The number of carbonyl (C=O) groups is 2. The molecule has 136 valence electrons. The van der Waals surface area contributed by atoms with Crippen molar-refractivity contribution in [3.63, 3.8) is 0 Å². The highest BCUT2D eigenvalue weighted by Crippen LogP contribution is 2.23.